The molecule has 0 spiro atoms. The number of para-hydroxylation sites is 5. The van der Waals surface area contributed by atoms with E-state index in [1.54, 1.807) is 7.11 Å². The molecule has 0 saturated carbocycles. The molecule has 166 valence electrons. The molecular formula is C31H26N2O. The number of anilines is 6. The van der Waals surface area contributed by atoms with Gasteiger partial charge in [-0.1, -0.05) is 72.8 Å². The number of rotatable bonds is 7. The van der Waals surface area contributed by atoms with Crippen LogP contribution in [0.15, 0.2) is 140 Å². The van der Waals surface area contributed by atoms with E-state index in [-0.39, 0.29) is 0 Å². The minimum atomic E-state index is 0.818. The lowest BCUT2D eigenvalue weighted by Gasteiger charge is -2.33. The molecule has 0 aliphatic carbocycles. The third-order valence-electron chi connectivity index (χ3n) is 5.72. The number of nitrogens with zero attached hydrogens (tertiary/aromatic N) is 2. The summed E-state index contributed by atoms with van der Waals surface area (Å²) in [4.78, 5) is 4.57. The second-order valence-electron chi connectivity index (χ2n) is 7.87. The predicted molar refractivity (Wildman–Crippen MR) is 142 cm³/mol. The normalized spacial score (nSPS) is 10.5. The Bertz CT molecular complexity index is 1300. The van der Waals surface area contributed by atoms with E-state index < -0.39 is 0 Å². The first-order chi connectivity index (χ1) is 16.8. The summed E-state index contributed by atoms with van der Waals surface area (Å²) in [6.45, 7) is 0. The van der Waals surface area contributed by atoms with Gasteiger partial charge < -0.3 is 14.5 Å². The fourth-order valence-corrected chi connectivity index (χ4v) is 4.18. The smallest absolute Gasteiger partial charge is 0.120 e. The van der Waals surface area contributed by atoms with Crippen molar-refractivity contribution in [1.29, 1.82) is 0 Å². The summed E-state index contributed by atoms with van der Waals surface area (Å²) in [6, 6.07) is 48.1. The van der Waals surface area contributed by atoms with E-state index in [9.17, 15) is 0 Å². The molecule has 0 heterocycles. The van der Waals surface area contributed by atoms with Crippen molar-refractivity contribution in [3.63, 3.8) is 0 Å². The van der Waals surface area contributed by atoms with Gasteiger partial charge >= 0.3 is 0 Å². The van der Waals surface area contributed by atoms with Gasteiger partial charge in [-0.05, 0) is 60.7 Å². The van der Waals surface area contributed by atoms with E-state index >= 15 is 0 Å². The van der Waals surface area contributed by atoms with Gasteiger partial charge in [0.25, 0.3) is 0 Å². The standard InChI is InChI=1S/C31H26N2O/c1-34-29-21-13-20-28(24-29)33(27-18-9-4-10-19-27)31-23-12-11-22-30(31)32(25-14-5-2-6-15-25)26-16-7-3-8-17-26/h2-24H,1H3. The van der Waals surface area contributed by atoms with Gasteiger partial charge in [-0.25, -0.2) is 0 Å². The van der Waals surface area contributed by atoms with E-state index in [1.165, 1.54) is 0 Å². The molecule has 0 bridgehead atoms. The third-order valence-corrected chi connectivity index (χ3v) is 5.72. The molecule has 5 aromatic carbocycles. The van der Waals surface area contributed by atoms with E-state index in [0.717, 1.165) is 39.9 Å². The maximum atomic E-state index is 5.56. The fraction of sp³-hybridized carbons (Fsp3) is 0.0323. The molecule has 0 fully saturated rings. The molecule has 0 aliphatic heterocycles. The van der Waals surface area contributed by atoms with Crippen molar-refractivity contribution in [3.05, 3.63) is 140 Å². The lowest BCUT2D eigenvalue weighted by molar-refractivity contribution is 0.415. The molecule has 0 N–H and O–H groups in total. The highest BCUT2D eigenvalue weighted by Gasteiger charge is 2.21. The van der Waals surface area contributed by atoms with Crippen molar-refractivity contribution in [2.45, 2.75) is 0 Å². The summed E-state index contributed by atoms with van der Waals surface area (Å²) >= 11 is 0. The van der Waals surface area contributed by atoms with Crippen LogP contribution < -0.4 is 14.5 Å². The number of benzene rings is 5. The Kier molecular flexibility index (Phi) is 6.26. The summed E-state index contributed by atoms with van der Waals surface area (Å²) in [7, 11) is 1.70. The van der Waals surface area contributed by atoms with Crippen molar-refractivity contribution >= 4 is 34.1 Å². The number of hydrogen-bond acceptors (Lipinski definition) is 3. The van der Waals surface area contributed by atoms with Crippen LogP contribution in [-0.2, 0) is 0 Å². The minimum absolute atomic E-state index is 0.818. The zero-order valence-corrected chi connectivity index (χ0v) is 19.1. The maximum Gasteiger partial charge on any atom is 0.120 e. The molecular weight excluding hydrogens is 416 g/mol. The molecule has 0 saturated heterocycles. The Labute approximate surface area is 201 Å². The summed E-state index contributed by atoms with van der Waals surface area (Å²) in [6.07, 6.45) is 0. The molecule has 0 unspecified atom stereocenters. The first-order valence-electron chi connectivity index (χ1n) is 11.3. The Morgan fingerprint density at radius 1 is 0.412 bits per heavy atom. The van der Waals surface area contributed by atoms with Crippen LogP contribution in [0, 0.1) is 0 Å². The monoisotopic (exact) mass is 442 g/mol. The van der Waals surface area contributed by atoms with Crippen molar-refractivity contribution in [1.82, 2.24) is 0 Å². The van der Waals surface area contributed by atoms with E-state index in [2.05, 4.69) is 119 Å². The van der Waals surface area contributed by atoms with E-state index in [4.69, 9.17) is 4.74 Å². The van der Waals surface area contributed by atoms with Crippen LogP contribution in [0.1, 0.15) is 0 Å². The van der Waals surface area contributed by atoms with Gasteiger partial charge in [0.15, 0.2) is 0 Å². The van der Waals surface area contributed by atoms with Gasteiger partial charge in [-0.2, -0.15) is 0 Å². The lowest BCUT2D eigenvalue weighted by Crippen LogP contribution is -2.16. The van der Waals surface area contributed by atoms with Gasteiger partial charge in [0.1, 0.15) is 5.75 Å². The molecule has 3 nitrogen and oxygen atoms in total. The molecule has 0 radical (unpaired) electrons. The summed E-state index contributed by atoms with van der Waals surface area (Å²) in [5, 5.41) is 0. The summed E-state index contributed by atoms with van der Waals surface area (Å²) < 4.78 is 5.56. The Balaban J connectivity index is 1.75. The molecule has 3 heteroatoms. The minimum Gasteiger partial charge on any atom is -0.497 e. The third kappa shape index (κ3) is 4.37. The number of methoxy groups -OCH3 is 1. The maximum absolute atomic E-state index is 5.56. The topological polar surface area (TPSA) is 15.7 Å². The average Bonchev–Trinajstić information content (AvgIpc) is 2.92. The van der Waals surface area contributed by atoms with Gasteiger partial charge in [-0.15, -0.1) is 0 Å². The van der Waals surface area contributed by atoms with Gasteiger partial charge in [-0.3, -0.25) is 0 Å². The highest BCUT2D eigenvalue weighted by atomic mass is 16.5. The van der Waals surface area contributed by atoms with Crippen LogP contribution in [0.3, 0.4) is 0 Å². The van der Waals surface area contributed by atoms with Crippen LogP contribution in [0.5, 0.6) is 5.75 Å². The SMILES string of the molecule is COc1cccc(N(c2ccccc2)c2ccccc2N(c2ccccc2)c2ccccc2)c1. The van der Waals surface area contributed by atoms with Crippen LogP contribution in [0.25, 0.3) is 0 Å². The van der Waals surface area contributed by atoms with E-state index in [1.807, 2.05) is 30.3 Å². The zero-order chi connectivity index (χ0) is 23.2. The first-order valence-corrected chi connectivity index (χ1v) is 11.3. The molecule has 0 amide bonds. The van der Waals surface area contributed by atoms with Gasteiger partial charge in [0.2, 0.25) is 0 Å². The van der Waals surface area contributed by atoms with Crippen LogP contribution in [0.4, 0.5) is 34.1 Å². The largest absolute Gasteiger partial charge is 0.497 e. The average molecular weight is 443 g/mol. The number of ether oxygens (including phenoxy) is 1. The second-order valence-corrected chi connectivity index (χ2v) is 7.87. The van der Waals surface area contributed by atoms with Crippen LogP contribution in [0.2, 0.25) is 0 Å². The van der Waals surface area contributed by atoms with Crippen molar-refractivity contribution < 1.29 is 4.74 Å². The van der Waals surface area contributed by atoms with Crippen LogP contribution >= 0.6 is 0 Å². The summed E-state index contributed by atoms with van der Waals surface area (Å²) in [5.74, 6) is 0.818. The molecule has 5 aromatic rings. The van der Waals surface area contributed by atoms with Crippen molar-refractivity contribution in [2.75, 3.05) is 16.9 Å². The van der Waals surface area contributed by atoms with E-state index in [0.29, 0.717) is 0 Å². The molecule has 0 aliphatic rings. The van der Waals surface area contributed by atoms with Gasteiger partial charge in [0, 0.05) is 28.8 Å². The molecule has 5 rings (SSSR count). The second kappa shape index (κ2) is 9.97. The molecule has 34 heavy (non-hydrogen) atoms. The Morgan fingerprint density at radius 2 is 0.794 bits per heavy atom. The Morgan fingerprint density at radius 3 is 1.24 bits per heavy atom. The first kappa shape index (κ1) is 21.4. The highest BCUT2D eigenvalue weighted by Crippen LogP contribution is 2.45. The van der Waals surface area contributed by atoms with Crippen LogP contribution in [-0.4, -0.2) is 7.11 Å². The quantitative estimate of drug-likeness (QED) is 0.251. The van der Waals surface area contributed by atoms with Gasteiger partial charge in [0.05, 0.1) is 18.5 Å². The molecule has 0 aromatic heterocycles. The number of hydrogen-bond donors (Lipinski definition) is 0. The van der Waals surface area contributed by atoms with Crippen molar-refractivity contribution in [3.8, 4) is 5.75 Å². The lowest BCUT2D eigenvalue weighted by atomic mass is 10.1. The highest BCUT2D eigenvalue weighted by molar-refractivity contribution is 5.91. The zero-order valence-electron chi connectivity index (χ0n) is 19.1. The summed E-state index contributed by atoms with van der Waals surface area (Å²) in [5.41, 5.74) is 6.43. The predicted octanol–water partition coefficient (Wildman–Crippen LogP) is 8.63. The fourth-order valence-electron chi connectivity index (χ4n) is 4.18. The Hall–Kier alpha value is -4.50. The van der Waals surface area contributed by atoms with Crippen molar-refractivity contribution in [2.24, 2.45) is 0 Å². The molecule has 0 atom stereocenters.